The number of amides is 3. The SMILES string of the molecule is CCOC(=O)c1c(NC(=O)CN2C(=O)S/C(=C/c3ccc(OCc4ccccc4C#N)c(OCC)c3)C2=O)sc2c1CCCC2. The van der Waals surface area contributed by atoms with E-state index in [0.717, 1.165) is 58.3 Å². The van der Waals surface area contributed by atoms with Crippen molar-refractivity contribution in [2.24, 2.45) is 0 Å². The maximum Gasteiger partial charge on any atom is 0.341 e. The molecule has 0 saturated carbocycles. The third kappa shape index (κ3) is 7.21. The number of nitrogens with one attached hydrogen (secondary N) is 1. The Balaban J connectivity index is 1.28. The highest BCUT2D eigenvalue weighted by Gasteiger charge is 2.37. The van der Waals surface area contributed by atoms with Crippen LogP contribution < -0.4 is 14.8 Å². The minimum atomic E-state index is -0.595. The van der Waals surface area contributed by atoms with E-state index in [1.807, 2.05) is 19.1 Å². The monoisotopic (exact) mass is 645 g/mol. The number of hydrogen-bond acceptors (Lipinski definition) is 10. The van der Waals surface area contributed by atoms with Crippen LogP contribution in [0.3, 0.4) is 0 Å². The predicted octanol–water partition coefficient (Wildman–Crippen LogP) is 6.33. The molecule has 0 unspecified atom stereocenters. The van der Waals surface area contributed by atoms with Gasteiger partial charge < -0.3 is 19.5 Å². The summed E-state index contributed by atoms with van der Waals surface area (Å²) in [5, 5.41) is 11.9. The lowest BCUT2D eigenvalue weighted by atomic mass is 9.95. The molecular formula is C33H31N3O7S2. The second-order valence-electron chi connectivity index (χ2n) is 10.1. The molecule has 12 heteroatoms. The minimum absolute atomic E-state index is 0.158. The number of esters is 1. The third-order valence-corrected chi connectivity index (χ3v) is 9.28. The minimum Gasteiger partial charge on any atom is -0.490 e. The van der Waals surface area contributed by atoms with Crippen molar-refractivity contribution >= 4 is 57.2 Å². The Labute approximate surface area is 269 Å². The van der Waals surface area contributed by atoms with Crippen LogP contribution in [-0.2, 0) is 33.8 Å². The lowest BCUT2D eigenvalue weighted by molar-refractivity contribution is -0.127. The molecule has 1 aliphatic heterocycles. The molecule has 1 fully saturated rings. The summed E-state index contributed by atoms with van der Waals surface area (Å²) in [4.78, 5) is 53.9. The van der Waals surface area contributed by atoms with Gasteiger partial charge in [-0.25, -0.2) is 4.79 Å². The Kier molecular flexibility index (Phi) is 10.2. The highest BCUT2D eigenvalue weighted by Crippen LogP contribution is 2.39. The van der Waals surface area contributed by atoms with Crippen LogP contribution in [0.15, 0.2) is 47.4 Å². The molecule has 0 bridgehead atoms. The number of benzene rings is 2. The molecule has 0 radical (unpaired) electrons. The van der Waals surface area contributed by atoms with Gasteiger partial charge in [0, 0.05) is 10.4 Å². The fourth-order valence-corrected chi connectivity index (χ4v) is 7.22. The van der Waals surface area contributed by atoms with Gasteiger partial charge in [-0.2, -0.15) is 5.26 Å². The number of nitrogens with zero attached hydrogens (tertiary/aromatic N) is 2. The van der Waals surface area contributed by atoms with E-state index < -0.39 is 29.6 Å². The van der Waals surface area contributed by atoms with E-state index in [1.54, 1.807) is 43.3 Å². The number of thiophene rings is 1. The van der Waals surface area contributed by atoms with Gasteiger partial charge in [0.15, 0.2) is 11.5 Å². The first-order chi connectivity index (χ1) is 21.8. The van der Waals surface area contributed by atoms with E-state index in [2.05, 4.69) is 11.4 Å². The summed E-state index contributed by atoms with van der Waals surface area (Å²) in [6, 6.07) is 14.4. The molecule has 0 atom stereocenters. The van der Waals surface area contributed by atoms with Crippen molar-refractivity contribution in [2.75, 3.05) is 25.1 Å². The van der Waals surface area contributed by atoms with Gasteiger partial charge in [-0.05, 0) is 86.7 Å². The van der Waals surface area contributed by atoms with Crippen LogP contribution in [0.4, 0.5) is 9.80 Å². The summed E-state index contributed by atoms with van der Waals surface area (Å²) in [5.74, 6) is -0.765. The Morgan fingerprint density at radius 3 is 2.62 bits per heavy atom. The van der Waals surface area contributed by atoms with Crippen LogP contribution in [0.1, 0.15) is 64.2 Å². The molecule has 2 aromatic carbocycles. The normalized spacial score (nSPS) is 15.0. The topological polar surface area (TPSA) is 135 Å². The molecule has 45 heavy (non-hydrogen) atoms. The lowest BCUT2D eigenvalue weighted by Crippen LogP contribution is -2.36. The molecule has 2 heterocycles. The van der Waals surface area contributed by atoms with Crippen molar-refractivity contribution < 1.29 is 33.4 Å². The quantitative estimate of drug-likeness (QED) is 0.188. The Hall–Kier alpha value is -4.60. The van der Waals surface area contributed by atoms with Crippen LogP contribution in [0.25, 0.3) is 6.08 Å². The van der Waals surface area contributed by atoms with Gasteiger partial charge in [0.05, 0.1) is 35.3 Å². The first kappa shape index (κ1) is 31.8. The smallest absolute Gasteiger partial charge is 0.341 e. The van der Waals surface area contributed by atoms with Crippen molar-refractivity contribution in [2.45, 2.75) is 46.1 Å². The van der Waals surface area contributed by atoms with Crippen LogP contribution in [0.2, 0.25) is 0 Å². The van der Waals surface area contributed by atoms with E-state index in [0.29, 0.717) is 39.8 Å². The second kappa shape index (κ2) is 14.5. The van der Waals surface area contributed by atoms with E-state index in [9.17, 15) is 24.4 Å². The number of ether oxygens (including phenoxy) is 3. The molecule has 0 spiro atoms. The number of anilines is 1. The summed E-state index contributed by atoms with van der Waals surface area (Å²) in [6.45, 7) is 3.80. The number of rotatable bonds is 11. The first-order valence-electron chi connectivity index (χ1n) is 14.6. The largest absolute Gasteiger partial charge is 0.490 e. The summed E-state index contributed by atoms with van der Waals surface area (Å²) >= 11 is 2.08. The number of imide groups is 1. The molecule has 1 aliphatic carbocycles. The van der Waals surface area contributed by atoms with Gasteiger partial charge in [-0.15, -0.1) is 11.3 Å². The van der Waals surface area contributed by atoms with Gasteiger partial charge in [0.2, 0.25) is 5.91 Å². The molecular weight excluding hydrogens is 615 g/mol. The average Bonchev–Trinajstić information content (AvgIpc) is 3.52. The predicted molar refractivity (Wildman–Crippen MR) is 171 cm³/mol. The molecule has 5 rings (SSSR count). The van der Waals surface area contributed by atoms with Crippen molar-refractivity contribution in [3.05, 3.63) is 80.1 Å². The molecule has 1 N–H and O–H groups in total. The van der Waals surface area contributed by atoms with E-state index in [-0.39, 0.29) is 18.1 Å². The van der Waals surface area contributed by atoms with E-state index in [4.69, 9.17) is 14.2 Å². The third-order valence-electron chi connectivity index (χ3n) is 7.17. The molecule has 1 saturated heterocycles. The molecule has 10 nitrogen and oxygen atoms in total. The zero-order chi connectivity index (χ0) is 31.9. The number of carbonyl (C=O) groups excluding carboxylic acids is 4. The summed E-state index contributed by atoms with van der Waals surface area (Å²) < 4.78 is 17.0. The van der Waals surface area contributed by atoms with Gasteiger partial charge >= 0.3 is 5.97 Å². The van der Waals surface area contributed by atoms with Gasteiger partial charge in [0.1, 0.15) is 18.2 Å². The highest BCUT2D eigenvalue weighted by molar-refractivity contribution is 8.18. The fourth-order valence-electron chi connectivity index (χ4n) is 5.08. The number of hydrogen-bond donors (Lipinski definition) is 1. The second-order valence-corrected chi connectivity index (χ2v) is 12.2. The van der Waals surface area contributed by atoms with E-state index >= 15 is 0 Å². The number of thioether (sulfide) groups is 1. The Bertz CT molecular complexity index is 1720. The van der Waals surface area contributed by atoms with Crippen molar-refractivity contribution in [1.82, 2.24) is 4.90 Å². The first-order valence-corrected chi connectivity index (χ1v) is 16.2. The summed E-state index contributed by atoms with van der Waals surface area (Å²) in [5.41, 5.74) is 3.13. The number of fused-ring (bicyclic) bond motifs is 1. The molecule has 1 aromatic heterocycles. The molecule has 3 aromatic rings. The van der Waals surface area contributed by atoms with Crippen LogP contribution in [0.5, 0.6) is 11.5 Å². The average molecular weight is 646 g/mol. The number of carbonyl (C=O) groups is 4. The molecule has 2 aliphatic rings. The number of aryl methyl sites for hydroxylation is 1. The van der Waals surface area contributed by atoms with Crippen molar-refractivity contribution in [3.8, 4) is 17.6 Å². The van der Waals surface area contributed by atoms with Crippen molar-refractivity contribution in [3.63, 3.8) is 0 Å². The fraction of sp³-hybridized carbons (Fsp3) is 0.303. The van der Waals surface area contributed by atoms with Gasteiger partial charge in [-0.3, -0.25) is 19.3 Å². The molecule has 3 amide bonds. The van der Waals surface area contributed by atoms with Crippen LogP contribution in [0, 0.1) is 11.3 Å². The number of nitriles is 1. The zero-order valence-electron chi connectivity index (χ0n) is 24.8. The van der Waals surface area contributed by atoms with Crippen molar-refractivity contribution in [1.29, 1.82) is 5.26 Å². The Morgan fingerprint density at radius 1 is 1.04 bits per heavy atom. The maximum absolute atomic E-state index is 13.2. The van der Waals surface area contributed by atoms with Crippen LogP contribution in [-0.4, -0.2) is 47.7 Å². The Morgan fingerprint density at radius 2 is 1.84 bits per heavy atom. The summed E-state index contributed by atoms with van der Waals surface area (Å²) in [6.07, 6.45) is 5.07. The lowest BCUT2D eigenvalue weighted by Gasteiger charge is -2.14. The standard InChI is InChI=1S/C33H31N3O7S2/c1-3-41-25-15-20(13-14-24(25)43-19-22-10-6-5-9-21(22)17-34)16-27-31(38)36(33(40)45-27)18-28(37)35-30-29(32(39)42-4-2)23-11-7-8-12-26(23)44-30/h5-6,9-10,13-16H,3-4,7-8,11-12,18-19H2,1-2H3,(H,35,37)/b27-16+. The maximum atomic E-state index is 13.2. The van der Waals surface area contributed by atoms with Crippen LogP contribution >= 0.6 is 23.1 Å². The van der Waals surface area contributed by atoms with Gasteiger partial charge in [-0.1, -0.05) is 24.3 Å². The molecule has 232 valence electrons. The zero-order valence-corrected chi connectivity index (χ0v) is 26.5. The van der Waals surface area contributed by atoms with Gasteiger partial charge in [0.25, 0.3) is 11.1 Å². The van der Waals surface area contributed by atoms with E-state index in [1.165, 1.54) is 11.3 Å². The highest BCUT2D eigenvalue weighted by atomic mass is 32.2. The summed E-state index contributed by atoms with van der Waals surface area (Å²) in [7, 11) is 0.